The third-order valence-corrected chi connectivity index (χ3v) is 12.4. The van der Waals surface area contributed by atoms with Crippen LogP contribution in [0.15, 0.2) is 57.9 Å². The number of halogens is 1. The lowest BCUT2D eigenvalue weighted by Gasteiger charge is -2.37. The highest BCUT2D eigenvalue weighted by molar-refractivity contribution is 9.10. The Kier molecular flexibility index (Phi) is 8.96. The molecular weight excluding hydrogens is 744 g/mol. The molecule has 53 heavy (non-hydrogen) atoms. The second kappa shape index (κ2) is 13.5. The van der Waals surface area contributed by atoms with Gasteiger partial charge in [0.05, 0.1) is 28.7 Å². The van der Waals surface area contributed by atoms with Crippen LogP contribution >= 0.6 is 15.9 Å². The van der Waals surface area contributed by atoms with Gasteiger partial charge in [0.15, 0.2) is 0 Å². The third kappa shape index (κ3) is 6.33. The standard InChI is InChI=1S/C38H41BrN8O6/c1-43-18-24(16-25(19-43)41-27-17-40-44(2)37(53)32(27)39)22-6-8-23(9-7-22)34(50)46-15-13-38(21-46)12-14-45(20-38)28-5-3-4-26-31(28)36(52)47(35(26)51)29-10-11-30(48)42-33(29)49/h3-9,17,24-25,29,41H,10-16,18-21H2,1-2H3,(H,42,48,49). The van der Waals surface area contributed by atoms with Crippen LogP contribution in [-0.4, -0.2) is 112 Å². The molecule has 5 aliphatic rings. The van der Waals surface area contributed by atoms with Crippen molar-refractivity contribution in [1.82, 2.24) is 29.8 Å². The van der Waals surface area contributed by atoms with Gasteiger partial charge in [-0.05, 0) is 84.4 Å². The number of benzene rings is 2. The predicted octanol–water partition coefficient (Wildman–Crippen LogP) is 2.59. The van der Waals surface area contributed by atoms with Crippen molar-refractivity contribution in [3.8, 4) is 0 Å². The highest BCUT2D eigenvalue weighted by Gasteiger charge is 2.49. The molecule has 1 aromatic heterocycles. The first kappa shape index (κ1) is 35.2. The van der Waals surface area contributed by atoms with Crippen molar-refractivity contribution in [3.63, 3.8) is 0 Å². The number of likely N-dealkylation sites (N-methyl/N-ethyl adjacent to an activating group) is 1. The van der Waals surface area contributed by atoms with E-state index in [9.17, 15) is 28.8 Å². The summed E-state index contributed by atoms with van der Waals surface area (Å²) in [5, 5.41) is 9.91. The molecule has 2 N–H and O–H groups in total. The molecule has 5 amide bonds. The van der Waals surface area contributed by atoms with Gasteiger partial charge in [-0.15, -0.1) is 0 Å². The summed E-state index contributed by atoms with van der Waals surface area (Å²) in [7, 11) is 3.70. The zero-order chi connectivity index (χ0) is 37.2. The fourth-order valence-corrected chi connectivity index (χ4v) is 9.39. The van der Waals surface area contributed by atoms with Gasteiger partial charge in [-0.2, -0.15) is 5.10 Å². The molecule has 15 heteroatoms. The maximum absolute atomic E-state index is 13.8. The predicted molar refractivity (Wildman–Crippen MR) is 199 cm³/mol. The maximum atomic E-state index is 13.8. The number of rotatable bonds is 6. The van der Waals surface area contributed by atoms with Crippen LogP contribution in [-0.2, 0) is 16.6 Å². The molecule has 2 aromatic carbocycles. The number of hydrogen-bond donors (Lipinski definition) is 2. The van der Waals surface area contributed by atoms with Gasteiger partial charge in [-0.1, -0.05) is 18.2 Å². The number of anilines is 2. The first-order valence-corrected chi connectivity index (χ1v) is 18.9. The van der Waals surface area contributed by atoms with Gasteiger partial charge in [0, 0.05) is 69.8 Å². The van der Waals surface area contributed by atoms with Crippen LogP contribution in [0.5, 0.6) is 0 Å². The van der Waals surface area contributed by atoms with E-state index in [0.717, 1.165) is 42.8 Å². The Morgan fingerprint density at radius 1 is 0.962 bits per heavy atom. The molecule has 14 nitrogen and oxygen atoms in total. The van der Waals surface area contributed by atoms with Gasteiger partial charge in [-0.3, -0.25) is 39.0 Å². The Morgan fingerprint density at radius 3 is 2.51 bits per heavy atom. The average Bonchev–Trinajstić information content (AvgIpc) is 3.84. The van der Waals surface area contributed by atoms with Crippen LogP contribution < -0.4 is 21.1 Å². The van der Waals surface area contributed by atoms with E-state index in [0.29, 0.717) is 53.2 Å². The number of amides is 5. The second-order valence-electron chi connectivity index (χ2n) is 15.2. The van der Waals surface area contributed by atoms with E-state index in [1.165, 1.54) is 4.68 Å². The number of likely N-dealkylation sites (tertiary alicyclic amines) is 2. The van der Waals surface area contributed by atoms with E-state index < -0.39 is 29.7 Å². The van der Waals surface area contributed by atoms with Crippen molar-refractivity contribution >= 4 is 56.8 Å². The lowest BCUT2D eigenvalue weighted by Crippen LogP contribution is -2.54. The van der Waals surface area contributed by atoms with Crippen LogP contribution in [0.4, 0.5) is 11.4 Å². The van der Waals surface area contributed by atoms with Crippen molar-refractivity contribution in [1.29, 1.82) is 0 Å². The van der Waals surface area contributed by atoms with Gasteiger partial charge >= 0.3 is 0 Å². The largest absolute Gasteiger partial charge is 0.379 e. The molecule has 5 aliphatic heterocycles. The fraction of sp³-hybridized carbons (Fsp3) is 0.447. The first-order valence-electron chi connectivity index (χ1n) is 18.1. The van der Waals surface area contributed by atoms with Crippen LogP contribution in [0.25, 0.3) is 0 Å². The molecule has 0 aliphatic carbocycles. The second-order valence-corrected chi connectivity index (χ2v) is 16.0. The third-order valence-electron chi connectivity index (χ3n) is 11.7. The van der Waals surface area contributed by atoms with E-state index in [4.69, 9.17) is 0 Å². The highest BCUT2D eigenvalue weighted by atomic mass is 79.9. The lowest BCUT2D eigenvalue weighted by atomic mass is 9.86. The fourth-order valence-electron chi connectivity index (χ4n) is 8.92. The minimum Gasteiger partial charge on any atom is -0.379 e. The summed E-state index contributed by atoms with van der Waals surface area (Å²) in [4.78, 5) is 84.9. The number of carbonyl (C=O) groups excluding carboxylic acids is 5. The van der Waals surface area contributed by atoms with Gasteiger partial charge < -0.3 is 20.0 Å². The van der Waals surface area contributed by atoms with Crippen molar-refractivity contribution in [2.75, 3.05) is 56.5 Å². The van der Waals surface area contributed by atoms with Crippen LogP contribution in [0.2, 0.25) is 0 Å². The molecule has 8 rings (SSSR count). The Labute approximate surface area is 314 Å². The summed E-state index contributed by atoms with van der Waals surface area (Å²) >= 11 is 3.42. The van der Waals surface area contributed by atoms with E-state index in [2.05, 4.69) is 60.6 Å². The number of aromatic nitrogens is 2. The summed E-state index contributed by atoms with van der Waals surface area (Å²) in [6.45, 7) is 4.25. The zero-order valence-corrected chi connectivity index (χ0v) is 31.2. The smallest absolute Gasteiger partial charge is 0.282 e. The zero-order valence-electron chi connectivity index (χ0n) is 29.6. The minimum atomic E-state index is -1.02. The van der Waals surface area contributed by atoms with Gasteiger partial charge in [0.1, 0.15) is 10.5 Å². The summed E-state index contributed by atoms with van der Waals surface area (Å²) in [5.74, 6) is -1.83. The van der Waals surface area contributed by atoms with E-state index in [-0.39, 0.29) is 47.2 Å². The minimum absolute atomic E-state index is 0.00329. The van der Waals surface area contributed by atoms with Gasteiger partial charge in [-0.25, -0.2) is 4.68 Å². The van der Waals surface area contributed by atoms with E-state index in [1.54, 1.807) is 25.4 Å². The highest BCUT2D eigenvalue weighted by Crippen LogP contribution is 2.44. The number of fused-ring (bicyclic) bond motifs is 1. The molecule has 4 saturated heterocycles. The topological polar surface area (TPSA) is 157 Å². The first-order chi connectivity index (χ1) is 25.4. The lowest BCUT2D eigenvalue weighted by molar-refractivity contribution is -0.136. The van der Waals surface area contributed by atoms with Crippen molar-refractivity contribution in [2.24, 2.45) is 12.5 Å². The summed E-state index contributed by atoms with van der Waals surface area (Å²) in [6, 6.07) is 12.3. The van der Waals surface area contributed by atoms with Gasteiger partial charge in [0.25, 0.3) is 23.3 Å². The van der Waals surface area contributed by atoms with E-state index in [1.807, 2.05) is 23.1 Å². The molecule has 0 saturated carbocycles. The molecule has 1 spiro atoms. The Balaban J connectivity index is 0.915. The SMILES string of the molecule is CN1CC(Nc2cnn(C)c(=O)c2Br)CC(c2ccc(C(=O)N3CCC4(CCN(c5cccc6c5C(=O)N(C5CCC(=O)NC5=O)C6=O)C4)C3)cc2)C1. The van der Waals surface area contributed by atoms with Crippen molar-refractivity contribution in [2.45, 2.75) is 50.1 Å². The number of imide groups is 2. The Morgan fingerprint density at radius 2 is 1.74 bits per heavy atom. The molecule has 6 heterocycles. The average molecular weight is 786 g/mol. The molecule has 0 radical (unpaired) electrons. The number of hydrogen-bond acceptors (Lipinski definition) is 10. The van der Waals surface area contributed by atoms with Gasteiger partial charge in [0.2, 0.25) is 11.8 Å². The summed E-state index contributed by atoms with van der Waals surface area (Å²) in [5.41, 5.74) is 3.37. The molecule has 276 valence electrons. The molecule has 4 atom stereocenters. The Bertz CT molecular complexity index is 2100. The van der Waals surface area contributed by atoms with Crippen molar-refractivity contribution < 1.29 is 24.0 Å². The van der Waals surface area contributed by atoms with Crippen LogP contribution in [0, 0.1) is 5.41 Å². The molecule has 0 bridgehead atoms. The number of piperidine rings is 2. The maximum Gasteiger partial charge on any atom is 0.282 e. The quantitative estimate of drug-likeness (QED) is 0.357. The molecular formula is C38H41BrN8O6. The summed E-state index contributed by atoms with van der Waals surface area (Å²) in [6.07, 6.45) is 4.38. The molecule has 4 unspecified atom stereocenters. The van der Waals surface area contributed by atoms with Crippen LogP contribution in [0.3, 0.4) is 0 Å². The number of aryl methyl sites for hydroxylation is 1. The molecule has 3 aromatic rings. The monoisotopic (exact) mass is 784 g/mol. The normalized spacial score (nSPS) is 26.1. The van der Waals surface area contributed by atoms with E-state index >= 15 is 0 Å². The number of nitrogens with one attached hydrogen (secondary N) is 2. The van der Waals surface area contributed by atoms with Crippen LogP contribution in [0.1, 0.15) is 74.7 Å². The van der Waals surface area contributed by atoms with Crippen molar-refractivity contribution in [3.05, 3.63) is 85.7 Å². The molecule has 4 fully saturated rings. The Hall–Kier alpha value is -4.89. The summed E-state index contributed by atoms with van der Waals surface area (Å²) < 4.78 is 1.76. The number of carbonyl (C=O) groups is 5. The number of nitrogens with zero attached hydrogens (tertiary/aromatic N) is 6.